The van der Waals surface area contributed by atoms with Gasteiger partial charge in [0.05, 0.1) is 38.1 Å². The van der Waals surface area contributed by atoms with Gasteiger partial charge in [0.25, 0.3) is 11.8 Å². The number of nitrogens with zero attached hydrogens (tertiary/aromatic N) is 3. The molecule has 3 atom stereocenters. The normalized spacial score (nSPS) is 18.3. The molecule has 1 aromatic heterocycles. The Bertz CT molecular complexity index is 2300. The molecule has 4 heterocycles. The molecule has 2 fully saturated rings. The maximum absolute atomic E-state index is 14.2. The lowest BCUT2D eigenvalue weighted by molar-refractivity contribution is -0.198. The first-order chi connectivity index (χ1) is 30.6. The van der Waals surface area contributed by atoms with Gasteiger partial charge in [0, 0.05) is 61.4 Å². The summed E-state index contributed by atoms with van der Waals surface area (Å²) in [6, 6.07) is 18.3. The Labute approximate surface area is 366 Å². The zero-order valence-corrected chi connectivity index (χ0v) is 35.8. The Hall–Kier alpha value is -6.65. The average Bonchev–Trinajstić information content (AvgIpc) is 3.67. The number of hydrogen-bond acceptors (Lipinski definition) is 11. The van der Waals surface area contributed by atoms with Gasteiger partial charge < -0.3 is 48.5 Å². The third-order valence-electron chi connectivity index (χ3n) is 11.2. The van der Waals surface area contributed by atoms with Crippen LogP contribution in [0.3, 0.4) is 0 Å². The van der Waals surface area contributed by atoms with Gasteiger partial charge in [-0.05, 0) is 99.0 Å². The zero-order valence-electron chi connectivity index (χ0n) is 35.8. The van der Waals surface area contributed by atoms with Gasteiger partial charge in [0.15, 0.2) is 24.0 Å². The van der Waals surface area contributed by atoms with Gasteiger partial charge in [0.2, 0.25) is 5.91 Å². The first-order valence-corrected chi connectivity index (χ1v) is 21.1. The number of methoxy groups -OCH3 is 2. The fraction of sp³-hybridized carbons (Fsp3) is 0.383. The van der Waals surface area contributed by atoms with E-state index in [0.717, 1.165) is 36.8 Å². The standard InChI is InChI=1S/C47H53N5O11/c1-5-23-62-47(57)52-37-28-40(39(58-3)27-35(37)44(55)51-22-8-6-11-36(51)45(52)63-42-13-7-9-24-61-42)60-25-10-12-41(53)48-33-20-16-31(17-21-33)43(54)49-34-18-14-30(15-19-34)32-26-38(46(56)59-4)50(2)29-32/h5,14-21,26-29,36,42,45H,1,6-13,22-25H2,2-4H3,(H,48,53)(H,49,54)/t36-,42?,45?/m0/s1. The van der Waals surface area contributed by atoms with Crippen molar-refractivity contribution in [1.82, 2.24) is 9.47 Å². The summed E-state index contributed by atoms with van der Waals surface area (Å²) < 4.78 is 36.5. The molecule has 7 rings (SSSR count). The SMILES string of the molecule is C=CCOC(=O)N1c2cc(OCCCC(=O)Nc3ccc(C(=O)Nc4ccc(-c5cc(C(=O)OC)n(C)c5)cc4)cc3)c(OC)cc2C(=O)N2CCCC[C@H]2C1OC1CCCCO1. The molecule has 0 saturated carbocycles. The summed E-state index contributed by atoms with van der Waals surface area (Å²) in [7, 11) is 4.57. The quantitative estimate of drug-likeness (QED) is 0.0686. The topological polar surface area (TPSA) is 176 Å². The van der Waals surface area contributed by atoms with Crippen molar-refractivity contribution in [2.45, 2.75) is 69.9 Å². The maximum Gasteiger partial charge on any atom is 0.416 e. The number of anilines is 3. The summed E-state index contributed by atoms with van der Waals surface area (Å²) in [5.74, 6) is -0.701. The number of hydrogen-bond donors (Lipinski definition) is 2. The molecule has 16 heteroatoms. The van der Waals surface area contributed by atoms with Crippen LogP contribution in [0.1, 0.15) is 82.6 Å². The highest BCUT2D eigenvalue weighted by Crippen LogP contribution is 2.42. The molecule has 63 heavy (non-hydrogen) atoms. The van der Waals surface area contributed by atoms with Gasteiger partial charge in [-0.15, -0.1) is 0 Å². The Morgan fingerprint density at radius 2 is 1.63 bits per heavy atom. The van der Waals surface area contributed by atoms with Crippen LogP contribution in [0.2, 0.25) is 0 Å². The molecule has 16 nitrogen and oxygen atoms in total. The lowest BCUT2D eigenvalue weighted by Gasteiger charge is -2.42. The van der Waals surface area contributed by atoms with E-state index in [-0.39, 0.29) is 54.4 Å². The Balaban J connectivity index is 0.970. The molecular formula is C47H53N5O11. The maximum atomic E-state index is 14.2. The Morgan fingerprint density at radius 1 is 0.889 bits per heavy atom. The van der Waals surface area contributed by atoms with Crippen molar-refractivity contribution in [3.8, 4) is 22.6 Å². The van der Waals surface area contributed by atoms with Crippen molar-refractivity contribution in [3.05, 3.63) is 102 Å². The highest BCUT2D eigenvalue weighted by atomic mass is 16.7. The van der Waals surface area contributed by atoms with E-state index < -0.39 is 30.6 Å². The fourth-order valence-corrected chi connectivity index (χ4v) is 8.01. The second kappa shape index (κ2) is 20.5. The van der Waals surface area contributed by atoms with E-state index in [1.807, 2.05) is 18.3 Å². The third-order valence-corrected chi connectivity index (χ3v) is 11.2. The summed E-state index contributed by atoms with van der Waals surface area (Å²) >= 11 is 0. The number of rotatable bonds is 15. The summed E-state index contributed by atoms with van der Waals surface area (Å²) in [6.07, 6.45) is 6.38. The van der Waals surface area contributed by atoms with Crippen LogP contribution < -0.4 is 25.0 Å². The van der Waals surface area contributed by atoms with Crippen molar-refractivity contribution in [2.75, 3.05) is 56.1 Å². The lowest BCUT2D eigenvalue weighted by Crippen LogP contribution is -2.57. The van der Waals surface area contributed by atoms with Crippen LogP contribution in [0, 0.1) is 0 Å². The highest BCUT2D eigenvalue weighted by Gasteiger charge is 2.47. The summed E-state index contributed by atoms with van der Waals surface area (Å²) in [6.45, 7) is 4.79. The number of fused-ring (bicyclic) bond motifs is 2. The van der Waals surface area contributed by atoms with Crippen molar-refractivity contribution in [2.24, 2.45) is 7.05 Å². The molecular weight excluding hydrogens is 811 g/mol. The summed E-state index contributed by atoms with van der Waals surface area (Å²) in [5.41, 5.74) is 4.14. The number of aromatic nitrogens is 1. The molecule has 3 aliphatic heterocycles. The molecule has 4 aromatic rings. The number of ether oxygens (including phenoxy) is 6. The van der Waals surface area contributed by atoms with Crippen LogP contribution >= 0.6 is 0 Å². The number of benzene rings is 3. The van der Waals surface area contributed by atoms with E-state index in [1.165, 1.54) is 25.2 Å². The lowest BCUT2D eigenvalue weighted by atomic mass is 10.00. The molecule has 4 amide bonds. The first-order valence-electron chi connectivity index (χ1n) is 21.1. The second-order valence-corrected chi connectivity index (χ2v) is 15.5. The van der Waals surface area contributed by atoms with Gasteiger partial charge in [0.1, 0.15) is 12.3 Å². The number of carbonyl (C=O) groups excluding carboxylic acids is 5. The summed E-state index contributed by atoms with van der Waals surface area (Å²) in [4.78, 5) is 69.3. The molecule has 3 aliphatic rings. The molecule has 332 valence electrons. The Morgan fingerprint density at radius 3 is 2.35 bits per heavy atom. The molecule has 0 spiro atoms. The van der Waals surface area contributed by atoms with E-state index in [0.29, 0.717) is 60.8 Å². The van der Waals surface area contributed by atoms with E-state index in [9.17, 15) is 24.0 Å². The minimum Gasteiger partial charge on any atom is -0.493 e. The van der Waals surface area contributed by atoms with Gasteiger partial charge in [-0.25, -0.2) is 14.5 Å². The monoisotopic (exact) mass is 863 g/mol. The number of aryl methyl sites for hydroxylation is 1. The molecule has 3 aromatic carbocycles. The number of amides is 4. The van der Waals surface area contributed by atoms with Gasteiger partial charge >= 0.3 is 12.1 Å². The molecule has 0 radical (unpaired) electrons. The van der Waals surface area contributed by atoms with Crippen LogP contribution in [-0.4, -0.2) is 98.4 Å². The zero-order chi connectivity index (χ0) is 44.5. The number of nitrogens with one attached hydrogen (secondary N) is 2. The van der Waals surface area contributed by atoms with Crippen LogP contribution in [0.5, 0.6) is 11.5 Å². The van der Waals surface area contributed by atoms with E-state index in [4.69, 9.17) is 28.4 Å². The van der Waals surface area contributed by atoms with Gasteiger partial charge in [-0.1, -0.05) is 24.8 Å². The van der Waals surface area contributed by atoms with E-state index >= 15 is 0 Å². The molecule has 2 N–H and O–H groups in total. The number of piperidine rings is 1. The smallest absolute Gasteiger partial charge is 0.416 e. The number of esters is 1. The first kappa shape index (κ1) is 44.4. The molecule has 0 aliphatic carbocycles. The number of carbonyl (C=O) groups is 5. The predicted octanol–water partition coefficient (Wildman–Crippen LogP) is 7.54. The average molecular weight is 864 g/mol. The summed E-state index contributed by atoms with van der Waals surface area (Å²) in [5, 5.41) is 5.73. The van der Waals surface area contributed by atoms with Crippen molar-refractivity contribution in [3.63, 3.8) is 0 Å². The largest absolute Gasteiger partial charge is 0.493 e. The highest BCUT2D eigenvalue weighted by molar-refractivity contribution is 6.06. The minimum atomic E-state index is -0.895. The van der Waals surface area contributed by atoms with Crippen LogP contribution in [0.25, 0.3) is 11.1 Å². The van der Waals surface area contributed by atoms with Crippen LogP contribution in [0.15, 0.2) is 85.6 Å². The van der Waals surface area contributed by atoms with Crippen molar-refractivity contribution < 1.29 is 52.4 Å². The van der Waals surface area contributed by atoms with E-state index in [1.54, 1.807) is 71.1 Å². The van der Waals surface area contributed by atoms with E-state index in [2.05, 4.69) is 17.2 Å². The Kier molecular flexibility index (Phi) is 14.4. The van der Waals surface area contributed by atoms with Gasteiger partial charge in [-0.3, -0.25) is 14.4 Å². The second-order valence-electron chi connectivity index (χ2n) is 15.5. The van der Waals surface area contributed by atoms with Gasteiger partial charge in [-0.2, -0.15) is 0 Å². The molecule has 2 unspecified atom stereocenters. The fourth-order valence-electron chi connectivity index (χ4n) is 8.01. The van der Waals surface area contributed by atoms with Crippen LogP contribution in [-0.2, 0) is 30.8 Å². The van der Waals surface area contributed by atoms with Crippen LogP contribution in [0.4, 0.5) is 21.9 Å². The minimum absolute atomic E-state index is 0.0461. The van der Waals surface area contributed by atoms with Crippen molar-refractivity contribution in [1.29, 1.82) is 0 Å². The molecule has 0 bridgehead atoms. The predicted molar refractivity (Wildman–Crippen MR) is 234 cm³/mol. The van der Waals surface area contributed by atoms with Crippen molar-refractivity contribution >= 4 is 46.8 Å². The third kappa shape index (κ3) is 10.4. The molecule has 2 saturated heterocycles.